The van der Waals surface area contributed by atoms with E-state index >= 15 is 0 Å². The van der Waals surface area contributed by atoms with Gasteiger partial charge in [-0.25, -0.2) is 4.79 Å². The highest BCUT2D eigenvalue weighted by Crippen LogP contribution is 2.18. The standard InChI is InChI=1S/C11H23N3O/c1-2-3-7-13-11(15)14-8-5-10(9-14)4-6-12/h10H,2-9,12H2,1H3,(H,13,15). The molecule has 1 saturated heterocycles. The molecule has 88 valence electrons. The minimum atomic E-state index is 0.1000. The van der Waals surface area contributed by atoms with Crippen LogP contribution in [0.5, 0.6) is 0 Å². The molecule has 0 aliphatic carbocycles. The quantitative estimate of drug-likeness (QED) is 0.673. The monoisotopic (exact) mass is 213 g/mol. The zero-order valence-corrected chi connectivity index (χ0v) is 9.67. The lowest BCUT2D eigenvalue weighted by atomic mass is 10.1. The minimum Gasteiger partial charge on any atom is -0.338 e. The summed E-state index contributed by atoms with van der Waals surface area (Å²) in [5.41, 5.74) is 5.51. The van der Waals surface area contributed by atoms with Crippen LogP contribution in [0.15, 0.2) is 0 Å². The van der Waals surface area contributed by atoms with Gasteiger partial charge in [-0.15, -0.1) is 0 Å². The van der Waals surface area contributed by atoms with E-state index in [4.69, 9.17) is 5.73 Å². The third-order valence-corrected chi connectivity index (χ3v) is 2.95. The van der Waals surface area contributed by atoms with Crippen LogP contribution in [-0.2, 0) is 0 Å². The van der Waals surface area contributed by atoms with Crippen LogP contribution in [0.3, 0.4) is 0 Å². The maximum atomic E-state index is 11.7. The second kappa shape index (κ2) is 6.67. The molecule has 0 saturated carbocycles. The Labute approximate surface area is 92.2 Å². The number of carbonyl (C=O) groups excluding carboxylic acids is 1. The number of likely N-dealkylation sites (tertiary alicyclic amines) is 1. The van der Waals surface area contributed by atoms with Crippen molar-refractivity contribution >= 4 is 6.03 Å². The molecule has 2 amide bonds. The molecule has 0 aromatic carbocycles. The summed E-state index contributed by atoms with van der Waals surface area (Å²) in [6.45, 7) is 5.43. The Kier molecular flexibility index (Phi) is 5.47. The van der Waals surface area contributed by atoms with Gasteiger partial charge in [0.1, 0.15) is 0 Å². The number of amides is 2. The first-order chi connectivity index (χ1) is 7.27. The number of hydrogen-bond acceptors (Lipinski definition) is 2. The smallest absolute Gasteiger partial charge is 0.317 e. The highest BCUT2D eigenvalue weighted by Gasteiger charge is 2.24. The first-order valence-corrected chi connectivity index (χ1v) is 6.00. The van der Waals surface area contributed by atoms with Crippen LogP contribution >= 0.6 is 0 Å². The zero-order chi connectivity index (χ0) is 11.1. The Morgan fingerprint density at radius 2 is 2.40 bits per heavy atom. The number of carbonyl (C=O) groups is 1. The van der Waals surface area contributed by atoms with E-state index in [0.717, 1.165) is 51.9 Å². The van der Waals surface area contributed by atoms with Crippen molar-refractivity contribution in [1.29, 1.82) is 0 Å². The molecule has 4 nitrogen and oxygen atoms in total. The van der Waals surface area contributed by atoms with Crippen LogP contribution in [0.2, 0.25) is 0 Å². The van der Waals surface area contributed by atoms with Crippen molar-refractivity contribution in [3.8, 4) is 0 Å². The van der Waals surface area contributed by atoms with Gasteiger partial charge in [-0.2, -0.15) is 0 Å². The van der Waals surface area contributed by atoms with Gasteiger partial charge >= 0.3 is 6.03 Å². The van der Waals surface area contributed by atoms with Gasteiger partial charge in [-0.1, -0.05) is 13.3 Å². The molecule has 1 aliphatic heterocycles. The van der Waals surface area contributed by atoms with Crippen molar-refractivity contribution in [1.82, 2.24) is 10.2 Å². The summed E-state index contributed by atoms with van der Waals surface area (Å²) >= 11 is 0. The molecule has 1 heterocycles. The van der Waals surface area contributed by atoms with E-state index in [0.29, 0.717) is 5.92 Å². The van der Waals surface area contributed by atoms with Crippen molar-refractivity contribution in [3.05, 3.63) is 0 Å². The number of urea groups is 1. The van der Waals surface area contributed by atoms with Gasteiger partial charge in [0.25, 0.3) is 0 Å². The van der Waals surface area contributed by atoms with Gasteiger partial charge < -0.3 is 16.0 Å². The van der Waals surface area contributed by atoms with Crippen LogP contribution in [0.4, 0.5) is 4.79 Å². The number of unbranched alkanes of at least 4 members (excludes halogenated alkanes) is 1. The summed E-state index contributed by atoms with van der Waals surface area (Å²) < 4.78 is 0. The second-order valence-electron chi connectivity index (χ2n) is 4.26. The third-order valence-electron chi connectivity index (χ3n) is 2.95. The molecule has 0 radical (unpaired) electrons. The molecule has 1 rings (SSSR count). The number of nitrogens with one attached hydrogen (secondary N) is 1. The molecule has 0 spiro atoms. The summed E-state index contributed by atoms with van der Waals surface area (Å²) in [6.07, 6.45) is 4.33. The van der Waals surface area contributed by atoms with E-state index in [1.54, 1.807) is 0 Å². The maximum absolute atomic E-state index is 11.7. The highest BCUT2D eigenvalue weighted by atomic mass is 16.2. The van der Waals surface area contributed by atoms with E-state index in [2.05, 4.69) is 12.2 Å². The molecule has 1 unspecified atom stereocenters. The third kappa shape index (κ3) is 4.08. The zero-order valence-electron chi connectivity index (χ0n) is 9.67. The lowest BCUT2D eigenvalue weighted by Gasteiger charge is -2.17. The van der Waals surface area contributed by atoms with Crippen molar-refractivity contribution in [3.63, 3.8) is 0 Å². The van der Waals surface area contributed by atoms with E-state index in [-0.39, 0.29) is 6.03 Å². The minimum absolute atomic E-state index is 0.1000. The van der Waals surface area contributed by atoms with E-state index in [9.17, 15) is 4.79 Å². The molecule has 0 bridgehead atoms. The van der Waals surface area contributed by atoms with Crippen LogP contribution in [0.1, 0.15) is 32.6 Å². The van der Waals surface area contributed by atoms with Gasteiger partial charge in [0.05, 0.1) is 0 Å². The highest BCUT2D eigenvalue weighted by molar-refractivity contribution is 5.74. The molecule has 1 aliphatic rings. The van der Waals surface area contributed by atoms with Crippen LogP contribution in [0.25, 0.3) is 0 Å². The fourth-order valence-corrected chi connectivity index (χ4v) is 1.97. The Hall–Kier alpha value is -0.770. The Bertz CT molecular complexity index is 196. The van der Waals surface area contributed by atoms with Gasteiger partial charge in [0, 0.05) is 19.6 Å². The summed E-state index contributed by atoms with van der Waals surface area (Å²) in [4.78, 5) is 13.6. The summed E-state index contributed by atoms with van der Waals surface area (Å²) in [5, 5.41) is 2.94. The fourth-order valence-electron chi connectivity index (χ4n) is 1.97. The van der Waals surface area contributed by atoms with Crippen LogP contribution in [-0.4, -0.2) is 37.1 Å². The van der Waals surface area contributed by atoms with Crippen LogP contribution in [0, 0.1) is 5.92 Å². The average Bonchev–Trinajstić information content (AvgIpc) is 2.67. The SMILES string of the molecule is CCCCNC(=O)N1CCC(CCN)C1. The van der Waals surface area contributed by atoms with E-state index < -0.39 is 0 Å². The predicted octanol–water partition coefficient (Wildman–Crippen LogP) is 1.17. The molecular formula is C11H23N3O. The second-order valence-corrected chi connectivity index (χ2v) is 4.26. The van der Waals surface area contributed by atoms with Crippen molar-refractivity contribution in [2.24, 2.45) is 11.7 Å². The van der Waals surface area contributed by atoms with Crippen LogP contribution < -0.4 is 11.1 Å². The Morgan fingerprint density at radius 3 is 3.07 bits per heavy atom. The normalized spacial score (nSPS) is 20.7. The summed E-state index contributed by atoms with van der Waals surface area (Å²) in [5.74, 6) is 0.618. The molecule has 4 heteroatoms. The predicted molar refractivity (Wildman–Crippen MR) is 61.7 cm³/mol. The Balaban J connectivity index is 2.18. The number of nitrogens with zero attached hydrogens (tertiary/aromatic N) is 1. The molecule has 15 heavy (non-hydrogen) atoms. The molecule has 1 fully saturated rings. The largest absolute Gasteiger partial charge is 0.338 e. The molecule has 0 aromatic heterocycles. The number of rotatable bonds is 5. The van der Waals surface area contributed by atoms with Gasteiger partial charge in [-0.3, -0.25) is 0 Å². The molecule has 1 atom stereocenters. The van der Waals surface area contributed by atoms with Gasteiger partial charge in [-0.05, 0) is 31.7 Å². The fraction of sp³-hybridized carbons (Fsp3) is 0.909. The molecule has 0 aromatic rings. The average molecular weight is 213 g/mol. The lowest BCUT2D eigenvalue weighted by Crippen LogP contribution is -2.38. The van der Waals surface area contributed by atoms with E-state index in [1.807, 2.05) is 4.90 Å². The van der Waals surface area contributed by atoms with Crippen molar-refractivity contribution < 1.29 is 4.79 Å². The van der Waals surface area contributed by atoms with Gasteiger partial charge in [0.2, 0.25) is 0 Å². The topological polar surface area (TPSA) is 58.4 Å². The molecule has 3 N–H and O–H groups in total. The first-order valence-electron chi connectivity index (χ1n) is 6.00. The van der Waals surface area contributed by atoms with Gasteiger partial charge in [0.15, 0.2) is 0 Å². The first kappa shape index (κ1) is 12.3. The Morgan fingerprint density at radius 1 is 1.60 bits per heavy atom. The number of nitrogens with two attached hydrogens (primary N) is 1. The van der Waals surface area contributed by atoms with Crippen molar-refractivity contribution in [2.45, 2.75) is 32.6 Å². The van der Waals surface area contributed by atoms with Crippen molar-refractivity contribution in [2.75, 3.05) is 26.2 Å². The number of hydrogen-bond donors (Lipinski definition) is 2. The summed E-state index contributed by atoms with van der Waals surface area (Å²) in [7, 11) is 0. The molecular weight excluding hydrogens is 190 g/mol. The maximum Gasteiger partial charge on any atom is 0.317 e. The summed E-state index contributed by atoms with van der Waals surface area (Å²) in [6, 6.07) is 0.1000. The lowest BCUT2D eigenvalue weighted by molar-refractivity contribution is 0.206. The van der Waals surface area contributed by atoms with E-state index in [1.165, 1.54) is 0 Å².